The molecular formula is C13H19NO3. The third kappa shape index (κ3) is 3.28. The van der Waals surface area contributed by atoms with Crippen LogP contribution in [0.5, 0.6) is 0 Å². The Balaban J connectivity index is 2.84. The maximum Gasteiger partial charge on any atom is 0.193 e. The molecule has 0 bridgehead atoms. The summed E-state index contributed by atoms with van der Waals surface area (Å²) in [6.07, 6.45) is -1.32. The van der Waals surface area contributed by atoms with Crippen molar-refractivity contribution in [3.8, 4) is 0 Å². The number of anilines is 1. The van der Waals surface area contributed by atoms with Crippen LogP contribution in [0.25, 0.3) is 0 Å². The van der Waals surface area contributed by atoms with Gasteiger partial charge in [-0.2, -0.15) is 0 Å². The van der Waals surface area contributed by atoms with Crippen LogP contribution < -0.4 is 4.90 Å². The van der Waals surface area contributed by atoms with Gasteiger partial charge in [0, 0.05) is 24.3 Å². The van der Waals surface area contributed by atoms with Crippen LogP contribution >= 0.6 is 0 Å². The van der Waals surface area contributed by atoms with Crippen molar-refractivity contribution < 1.29 is 15.0 Å². The molecule has 0 aliphatic carbocycles. The summed E-state index contributed by atoms with van der Waals surface area (Å²) in [5, 5.41) is 17.9. The number of aliphatic hydroxyl groups excluding tert-OH is 2. The van der Waals surface area contributed by atoms with Crippen molar-refractivity contribution in [3.05, 3.63) is 29.8 Å². The average molecular weight is 237 g/mol. The number of benzene rings is 1. The van der Waals surface area contributed by atoms with E-state index in [0.717, 1.165) is 18.8 Å². The number of carbonyl (C=O) groups excluding carboxylic acids is 1. The van der Waals surface area contributed by atoms with E-state index >= 15 is 0 Å². The molecule has 1 aromatic carbocycles. The zero-order valence-corrected chi connectivity index (χ0v) is 10.3. The second kappa shape index (κ2) is 6.37. The number of ketones is 1. The second-order valence-corrected chi connectivity index (χ2v) is 3.78. The van der Waals surface area contributed by atoms with Crippen molar-refractivity contribution >= 4 is 11.5 Å². The zero-order chi connectivity index (χ0) is 12.8. The van der Waals surface area contributed by atoms with Gasteiger partial charge < -0.3 is 15.1 Å². The van der Waals surface area contributed by atoms with Gasteiger partial charge >= 0.3 is 0 Å². The smallest absolute Gasteiger partial charge is 0.193 e. The summed E-state index contributed by atoms with van der Waals surface area (Å²) >= 11 is 0. The molecule has 0 amide bonds. The Morgan fingerprint density at radius 1 is 1.24 bits per heavy atom. The molecule has 17 heavy (non-hydrogen) atoms. The molecule has 94 valence electrons. The average Bonchev–Trinajstić information content (AvgIpc) is 2.39. The van der Waals surface area contributed by atoms with Crippen LogP contribution in [0, 0.1) is 0 Å². The molecule has 4 nitrogen and oxygen atoms in total. The number of hydrogen-bond acceptors (Lipinski definition) is 4. The van der Waals surface area contributed by atoms with Gasteiger partial charge in [0.25, 0.3) is 0 Å². The Morgan fingerprint density at radius 3 is 2.18 bits per heavy atom. The molecule has 0 saturated carbocycles. The fraction of sp³-hybridized carbons (Fsp3) is 0.462. The lowest BCUT2D eigenvalue weighted by molar-refractivity contribution is 0.0587. The minimum absolute atomic E-state index is 0.419. The third-order valence-corrected chi connectivity index (χ3v) is 2.76. The SMILES string of the molecule is CCN(CC)c1ccc(C(=O)C(O)CO)cc1. The van der Waals surface area contributed by atoms with Crippen molar-refractivity contribution in [3.63, 3.8) is 0 Å². The molecule has 0 aromatic heterocycles. The predicted molar refractivity (Wildman–Crippen MR) is 67.4 cm³/mol. The minimum atomic E-state index is -1.32. The molecule has 2 N–H and O–H groups in total. The second-order valence-electron chi connectivity index (χ2n) is 3.78. The summed E-state index contributed by atoms with van der Waals surface area (Å²) in [5.74, 6) is -0.446. The number of aliphatic hydroxyl groups is 2. The maximum absolute atomic E-state index is 11.6. The molecule has 0 fully saturated rings. The highest BCUT2D eigenvalue weighted by Crippen LogP contribution is 2.15. The van der Waals surface area contributed by atoms with E-state index in [0.29, 0.717) is 5.56 Å². The first-order chi connectivity index (χ1) is 8.13. The monoisotopic (exact) mass is 237 g/mol. The van der Waals surface area contributed by atoms with Gasteiger partial charge in [0.1, 0.15) is 6.10 Å². The molecule has 1 atom stereocenters. The molecule has 0 spiro atoms. The first-order valence-electron chi connectivity index (χ1n) is 5.82. The number of hydrogen-bond donors (Lipinski definition) is 2. The summed E-state index contributed by atoms with van der Waals surface area (Å²) in [6, 6.07) is 7.05. The van der Waals surface area contributed by atoms with Gasteiger partial charge in [0.2, 0.25) is 0 Å². The Kier molecular flexibility index (Phi) is 5.12. The van der Waals surface area contributed by atoms with E-state index in [4.69, 9.17) is 5.11 Å². The number of rotatable bonds is 6. The fourth-order valence-corrected chi connectivity index (χ4v) is 1.70. The molecular weight excluding hydrogens is 218 g/mol. The maximum atomic E-state index is 11.6. The van der Waals surface area contributed by atoms with Crippen molar-refractivity contribution in [1.82, 2.24) is 0 Å². The van der Waals surface area contributed by atoms with Gasteiger partial charge in [0.05, 0.1) is 6.61 Å². The third-order valence-electron chi connectivity index (χ3n) is 2.76. The van der Waals surface area contributed by atoms with Gasteiger partial charge in [-0.05, 0) is 38.1 Å². The molecule has 1 unspecified atom stereocenters. The molecule has 4 heteroatoms. The molecule has 1 rings (SSSR count). The topological polar surface area (TPSA) is 60.8 Å². The summed E-state index contributed by atoms with van der Waals surface area (Å²) in [6.45, 7) is 5.40. The molecule has 0 radical (unpaired) electrons. The van der Waals surface area contributed by atoms with Crippen LogP contribution in [-0.2, 0) is 0 Å². The lowest BCUT2D eigenvalue weighted by Gasteiger charge is -2.21. The lowest BCUT2D eigenvalue weighted by atomic mass is 10.1. The van der Waals surface area contributed by atoms with Crippen molar-refractivity contribution in [1.29, 1.82) is 0 Å². The van der Waals surface area contributed by atoms with Gasteiger partial charge in [0.15, 0.2) is 5.78 Å². The van der Waals surface area contributed by atoms with Crippen LogP contribution in [0.3, 0.4) is 0 Å². The van der Waals surface area contributed by atoms with Crippen LogP contribution in [0.4, 0.5) is 5.69 Å². The Labute approximate surface area is 101 Å². The van der Waals surface area contributed by atoms with E-state index in [1.807, 2.05) is 12.1 Å². The largest absolute Gasteiger partial charge is 0.393 e. The van der Waals surface area contributed by atoms with Crippen LogP contribution in [-0.4, -0.2) is 41.8 Å². The molecule has 0 heterocycles. The number of carbonyl (C=O) groups is 1. The summed E-state index contributed by atoms with van der Waals surface area (Å²) in [4.78, 5) is 13.7. The predicted octanol–water partition coefficient (Wildman–Crippen LogP) is 1.07. The highest BCUT2D eigenvalue weighted by atomic mass is 16.3. The molecule has 1 aromatic rings. The molecule has 0 saturated heterocycles. The van der Waals surface area contributed by atoms with Crippen molar-refractivity contribution in [2.24, 2.45) is 0 Å². The Bertz CT molecular complexity index is 357. The summed E-state index contributed by atoms with van der Waals surface area (Å²) < 4.78 is 0. The number of Topliss-reactive ketones (excluding diaryl/α,β-unsaturated/α-hetero) is 1. The summed E-state index contributed by atoms with van der Waals surface area (Å²) in [7, 11) is 0. The molecule has 0 aliphatic rings. The quantitative estimate of drug-likeness (QED) is 0.726. The van der Waals surface area contributed by atoms with Gasteiger partial charge in [-0.3, -0.25) is 4.79 Å². The summed E-state index contributed by atoms with van der Waals surface area (Å²) in [5.41, 5.74) is 1.47. The zero-order valence-electron chi connectivity index (χ0n) is 10.3. The lowest BCUT2D eigenvalue weighted by Crippen LogP contribution is -2.25. The molecule has 0 aliphatic heterocycles. The van der Waals surface area contributed by atoms with Gasteiger partial charge in [-0.15, -0.1) is 0 Å². The van der Waals surface area contributed by atoms with E-state index in [1.165, 1.54) is 0 Å². The van der Waals surface area contributed by atoms with Crippen LogP contribution in [0.1, 0.15) is 24.2 Å². The van der Waals surface area contributed by atoms with Crippen molar-refractivity contribution in [2.45, 2.75) is 20.0 Å². The Morgan fingerprint density at radius 2 is 1.76 bits per heavy atom. The highest BCUT2D eigenvalue weighted by Gasteiger charge is 2.15. The minimum Gasteiger partial charge on any atom is -0.393 e. The van der Waals surface area contributed by atoms with Gasteiger partial charge in [-0.25, -0.2) is 0 Å². The Hall–Kier alpha value is -1.39. The standard InChI is InChI=1S/C13H19NO3/c1-3-14(4-2)11-7-5-10(6-8-11)13(17)12(16)9-15/h5-8,12,15-16H,3-4,9H2,1-2H3. The van der Waals surface area contributed by atoms with E-state index in [2.05, 4.69) is 18.7 Å². The van der Waals surface area contributed by atoms with Crippen LogP contribution in [0.15, 0.2) is 24.3 Å². The highest BCUT2D eigenvalue weighted by molar-refractivity contribution is 5.99. The van der Waals surface area contributed by atoms with E-state index in [9.17, 15) is 9.90 Å². The van der Waals surface area contributed by atoms with Gasteiger partial charge in [-0.1, -0.05) is 0 Å². The van der Waals surface area contributed by atoms with E-state index in [1.54, 1.807) is 12.1 Å². The van der Waals surface area contributed by atoms with E-state index in [-0.39, 0.29) is 0 Å². The first kappa shape index (κ1) is 13.7. The van der Waals surface area contributed by atoms with Crippen LogP contribution in [0.2, 0.25) is 0 Å². The normalized spacial score (nSPS) is 12.2. The van der Waals surface area contributed by atoms with Crippen molar-refractivity contribution in [2.75, 3.05) is 24.6 Å². The fourth-order valence-electron chi connectivity index (χ4n) is 1.70. The van der Waals surface area contributed by atoms with E-state index < -0.39 is 18.5 Å². The number of nitrogens with zero attached hydrogens (tertiary/aromatic N) is 1. The first-order valence-corrected chi connectivity index (χ1v) is 5.82.